The number of carbonyl (C=O) groups excluding carboxylic acids is 1. The first-order valence-electron chi connectivity index (χ1n) is 11.5. The van der Waals surface area contributed by atoms with E-state index in [0.717, 1.165) is 16.4 Å². The maximum atomic E-state index is 13.5. The van der Waals surface area contributed by atoms with Gasteiger partial charge < -0.3 is 9.64 Å². The van der Waals surface area contributed by atoms with Crippen molar-refractivity contribution < 1.29 is 27.3 Å². The van der Waals surface area contributed by atoms with E-state index in [2.05, 4.69) is 10.5 Å². The number of nitro groups is 1. The van der Waals surface area contributed by atoms with E-state index in [1.807, 2.05) is 4.90 Å². The van der Waals surface area contributed by atoms with Gasteiger partial charge in [-0.2, -0.15) is 5.10 Å². The topological polar surface area (TPSA) is 134 Å². The fourth-order valence-corrected chi connectivity index (χ4v) is 5.27. The van der Waals surface area contributed by atoms with E-state index in [-0.39, 0.29) is 16.3 Å². The van der Waals surface area contributed by atoms with Gasteiger partial charge in [0.05, 0.1) is 34.9 Å². The number of nitrogens with zero attached hydrogens (tertiary/aromatic N) is 4. The Labute approximate surface area is 218 Å². The molecule has 198 valence electrons. The van der Waals surface area contributed by atoms with Gasteiger partial charge in [-0.05, 0) is 42.5 Å². The van der Waals surface area contributed by atoms with Gasteiger partial charge in [0.15, 0.2) is 0 Å². The van der Waals surface area contributed by atoms with Gasteiger partial charge >= 0.3 is 0 Å². The van der Waals surface area contributed by atoms with Crippen LogP contribution in [0, 0.1) is 15.9 Å². The molecule has 3 aromatic carbocycles. The van der Waals surface area contributed by atoms with Crippen LogP contribution in [0.1, 0.15) is 5.56 Å². The molecule has 0 bridgehead atoms. The molecule has 0 spiro atoms. The molecule has 13 heteroatoms. The quantitative estimate of drug-likeness (QED) is 0.250. The second kappa shape index (κ2) is 11.8. The maximum Gasteiger partial charge on any atom is 0.270 e. The number of nitro benzene ring substituents is 1. The van der Waals surface area contributed by atoms with E-state index in [0.29, 0.717) is 37.6 Å². The maximum absolute atomic E-state index is 13.5. The van der Waals surface area contributed by atoms with Crippen molar-refractivity contribution in [2.24, 2.45) is 5.10 Å². The minimum absolute atomic E-state index is 0.0487. The molecule has 0 atom stereocenters. The van der Waals surface area contributed by atoms with Crippen LogP contribution in [0.5, 0.6) is 0 Å². The standard InChI is InChI=1S/C25H24FN5O6S/c26-20-6-8-21(9-7-20)30(38(35,36)23-4-2-1-3-5-23)18-25(32)28-27-17-19-16-22(31(33)34)10-11-24(19)29-12-14-37-15-13-29/h1-11,16-17H,12-15,18H2,(H,28,32)/b27-17-. The van der Waals surface area contributed by atoms with Gasteiger partial charge in [-0.1, -0.05) is 18.2 Å². The molecule has 0 saturated carbocycles. The summed E-state index contributed by atoms with van der Waals surface area (Å²) < 4.78 is 46.3. The molecule has 0 radical (unpaired) electrons. The Hall–Kier alpha value is -4.36. The largest absolute Gasteiger partial charge is 0.378 e. The Morgan fingerprint density at radius 2 is 1.79 bits per heavy atom. The van der Waals surface area contributed by atoms with E-state index in [1.54, 1.807) is 24.3 Å². The van der Waals surface area contributed by atoms with Crippen molar-refractivity contribution in [1.82, 2.24) is 5.43 Å². The van der Waals surface area contributed by atoms with Crippen LogP contribution in [0.15, 0.2) is 82.8 Å². The number of ether oxygens (including phenoxy) is 1. The second-order valence-electron chi connectivity index (χ2n) is 8.19. The summed E-state index contributed by atoms with van der Waals surface area (Å²) in [6, 6.07) is 16.5. The van der Waals surface area contributed by atoms with Crippen molar-refractivity contribution in [2.75, 3.05) is 42.1 Å². The highest BCUT2D eigenvalue weighted by molar-refractivity contribution is 7.92. The second-order valence-corrected chi connectivity index (χ2v) is 10.1. The molecule has 1 saturated heterocycles. The molecule has 1 amide bonds. The number of anilines is 2. The molecule has 38 heavy (non-hydrogen) atoms. The average Bonchev–Trinajstić information content (AvgIpc) is 2.93. The van der Waals surface area contributed by atoms with Crippen molar-refractivity contribution >= 4 is 39.2 Å². The Balaban J connectivity index is 1.56. The molecule has 1 aliphatic rings. The smallest absolute Gasteiger partial charge is 0.270 e. The summed E-state index contributed by atoms with van der Waals surface area (Å²) in [5.74, 6) is -1.34. The number of nitrogens with one attached hydrogen (secondary N) is 1. The van der Waals surface area contributed by atoms with Gasteiger partial charge in [0.1, 0.15) is 12.4 Å². The predicted octanol–water partition coefficient (Wildman–Crippen LogP) is 2.92. The molecule has 0 aromatic heterocycles. The zero-order chi connectivity index (χ0) is 27.1. The SMILES string of the molecule is O=C(CN(c1ccc(F)cc1)S(=O)(=O)c1ccccc1)N/N=C\c1cc([N+](=O)[O-])ccc1N1CCOCC1. The molecule has 4 rings (SSSR count). The fourth-order valence-electron chi connectivity index (χ4n) is 3.83. The molecule has 11 nitrogen and oxygen atoms in total. The Morgan fingerprint density at radius 3 is 2.45 bits per heavy atom. The van der Waals surface area contributed by atoms with Gasteiger partial charge in [-0.15, -0.1) is 0 Å². The van der Waals surface area contributed by atoms with E-state index in [9.17, 15) is 27.7 Å². The molecule has 1 N–H and O–H groups in total. The molecule has 3 aromatic rings. The summed E-state index contributed by atoms with van der Waals surface area (Å²) in [7, 11) is -4.17. The highest BCUT2D eigenvalue weighted by Gasteiger charge is 2.27. The van der Waals surface area contributed by atoms with Crippen LogP contribution in [0.3, 0.4) is 0 Å². The minimum Gasteiger partial charge on any atom is -0.378 e. The summed E-state index contributed by atoms with van der Waals surface area (Å²) in [6.07, 6.45) is 1.27. The zero-order valence-electron chi connectivity index (χ0n) is 20.1. The molecule has 0 unspecified atom stereocenters. The number of hydrogen-bond acceptors (Lipinski definition) is 8. The summed E-state index contributed by atoms with van der Waals surface area (Å²) in [6.45, 7) is 1.51. The first-order valence-corrected chi connectivity index (χ1v) is 13.0. The van der Waals surface area contributed by atoms with Crippen molar-refractivity contribution in [1.29, 1.82) is 0 Å². The van der Waals surface area contributed by atoms with Crippen LogP contribution < -0.4 is 14.6 Å². The number of hydrazone groups is 1. The third-order valence-electron chi connectivity index (χ3n) is 5.70. The number of hydrogen-bond donors (Lipinski definition) is 1. The zero-order valence-corrected chi connectivity index (χ0v) is 20.9. The average molecular weight is 542 g/mol. The molecular formula is C25H24FN5O6S. The number of halogens is 1. The molecule has 1 heterocycles. The Bertz CT molecular complexity index is 1430. The van der Waals surface area contributed by atoms with E-state index in [1.165, 1.54) is 42.6 Å². The summed E-state index contributed by atoms with van der Waals surface area (Å²) in [4.78, 5) is 25.5. The van der Waals surface area contributed by atoms with Crippen LogP contribution in [-0.4, -0.2) is 58.3 Å². The van der Waals surface area contributed by atoms with Crippen molar-refractivity contribution in [2.45, 2.75) is 4.90 Å². The third-order valence-corrected chi connectivity index (χ3v) is 7.49. The number of morpholine rings is 1. The van der Waals surface area contributed by atoms with Gasteiger partial charge in [-0.25, -0.2) is 18.2 Å². The highest BCUT2D eigenvalue weighted by atomic mass is 32.2. The first kappa shape index (κ1) is 26.7. The first-order chi connectivity index (χ1) is 18.3. The number of benzene rings is 3. The minimum atomic E-state index is -4.17. The number of sulfonamides is 1. The van der Waals surface area contributed by atoms with Crippen LogP contribution >= 0.6 is 0 Å². The van der Waals surface area contributed by atoms with Crippen LogP contribution in [0.2, 0.25) is 0 Å². The monoisotopic (exact) mass is 541 g/mol. The van der Waals surface area contributed by atoms with Gasteiger partial charge in [0.25, 0.3) is 21.6 Å². The summed E-state index contributed by atoms with van der Waals surface area (Å²) >= 11 is 0. The lowest BCUT2D eigenvalue weighted by Crippen LogP contribution is -2.39. The Kier molecular flexibility index (Phi) is 8.28. The van der Waals surface area contributed by atoms with Crippen molar-refractivity contribution in [3.05, 3.63) is 94.3 Å². The van der Waals surface area contributed by atoms with Gasteiger partial charge in [0.2, 0.25) is 0 Å². The molecule has 0 aliphatic carbocycles. The van der Waals surface area contributed by atoms with Crippen molar-refractivity contribution in [3.8, 4) is 0 Å². The lowest BCUT2D eigenvalue weighted by Gasteiger charge is -2.29. The van der Waals surface area contributed by atoms with Crippen molar-refractivity contribution in [3.63, 3.8) is 0 Å². The van der Waals surface area contributed by atoms with E-state index in [4.69, 9.17) is 4.74 Å². The summed E-state index contributed by atoms with van der Waals surface area (Å²) in [5.41, 5.74) is 3.30. The van der Waals surface area contributed by atoms with E-state index >= 15 is 0 Å². The molecular weight excluding hydrogens is 517 g/mol. The molecule has 1 aliphatic heterocycles. The third kappa shape index (κ3) is 6.30. The fraction of sp³-hybridized carbons (Fsp3) is 0.200. The predicted molar refractivity (Wildman–Crippen MR) is 139 cm³/mol. The normalized spacial score (nSPS) is 13.9. The lowest BCUT2D eigenvalue weighted by atomic mass is 10.1. The van der Waals surface area contributed by atoms with Gasteiger partial charge in [-0.3, -0.25) is 19.2 Å². The summed E-state index contributed by atoms with van der Waals surface area (Å²) in [5, 5.41) is 15.2. The number of rotatable bonds is 9. The van der Waals surface area contributed by atoms with Gasteiger partial charge in [0, 0.05) is 36.5 Å². The number of carbonyl (C=O) groups is 1. The number of non-ortho nitro benzene ring substituents is 1. The highest BCUT2D eigenvalue weighted by Crippen LogP contribution is 2.26. The van der Waals surface area contributed by atoms with Crippen LogP contribution in [0.25, 0.3) is 0 Å². The van der Waals surface area contributed by atoms with Crippen LogP contribution in [-0.2, 0) is 19.6 Å². The van der Waals surface area contributed by atoms with E-state index < -0.39 is 33.2 Å². The Morgan fingerprint density at radius 1 is 1.11 bits per heavy atom. The molecule has 1 fully saturated rings. The number of amides is 1. The van der Waals surface area contributed by atoms with Crippen LogP contribution in [0.4, 0.5) is 21.5 Å². The lowest BCUT2D eigenvalue weighted by molar-refractivity contribution is -0.384.